The molecule has 0 amide bonds. The molecule has 3 N–H and O–H groups in total. The topological polar surface area (TPSA) is 69.6 Å². The molecule has 0 saturated carbocycles. The maximum atomic E-state index is 10.6. The number of hydrogen-bond donors (Lipinski definition) is 3. The van der Waals surface area contributed by atoms with Crippen LogP contribution in [0.15, 0.2) is 0 Å². The van der Waals surface area contributed by atoms with Gasteiger partial charge >= 0.3 is 35.5 Å². The Bertz CT molecular complexity index is 215. The molecule has 0 bridgehead atoms. The third-order valence-corrected chi connectivity index (χ3v) is 3.40. The average molecular weight is 297 g/mol. The predicted octanol–water partition coefficient (Wildman–Crippen LogP) is 2.29. The molecule has 0 aromatic heterocycles. The first-order chi connectivity index (χ1) is 9.22. The van der Waals surface area contributed by atoms with Gasteiger partial charge in [0.25, 0.3) is 0 Å². The van der Waals surface area contributed by atoms with Crippen LogP contribution in [-0.4, -0.2) is 64.9 Å². The van der Waals surface area contributed by atoms with Crippen molar-refractivity contribution in [1.82, 2.24) is 5.32 Å². The predicted molar refractivity (Wildman–Crippen MR) is 85.5 cm³/mol. The van der Waals surface area contributed by atoms with E-state index in [1.165, 1.54) is 51.4 Å². The molecule has 5 heteroatoms. The molecular weight excluding hydrogens is 265 g/mol. The number of nitrogens with one attached hydrogen (secondary N) is 1. The third-order valence-electron chi connectivity index (χ3n) is 3.40. The molecule has 0 aliphatic carbocycles. The van der Waals surface area contributed by atoms with Crippen molar-refractivity contribution in [2.45, 2.75) is 77.2 Å². The van der Waals surface area contributed by atoms with Gasteiger partial charge in [0.15, 0.2) is 0 Å². The number of aliphatic hydroxyl groups excluding tert-OH is 1. The van der Waals surface area contributed by atoms with Crippen LogP contribution >= 0.6 is 0 Å². The molecule has 0 heterocycles. The Morgan fingerprint density at radius 1 is 0.950 bits per heavy atom. The maximum absolute atomic E-state index is 10.6. The van der Waals surface area contributed by atoms with Crippen molar-refractivity contribution in [3.05, 3.63) is 0 Å². The van der Waals surface area contributed by atoms with Crippen LogP contribution in [0.5, 0.6) is 0 Å². The molecule has 116 valence electrons. The van der Waals surface area contributed by atoms with Gasteiger partial charge in [-0.05, 0) is 13.0 Å². The monoisotopic (exact) mass is 297 g/mol. The number of unbranched alkanes of at least 4 members (excludes halogenated alkanes) is 9. The Balaban J connectivity index is 0. The third kappa shape index (κ3) is 14.8. The van der Waals surface area contributed by atoms with E-state index in [1.807, 2.05) is 0 Å². The van der Waals surface area contributed by atoms with E-state index in [9.17, 15) is 4.79 Å². The second kappa shape index (κ2) is 17.4. The van der Waals surface area contributed by atoms with Crippen LogP contribution in [0.3, 0.4) is 0 Å². The van der Waals surface area contributed by atoms with E-state index >= 15 is 0 Å². The molecule has 0 rings (SSSR count). The SMILES string of the molecule is CCCCCCCCCCCCN[C@@H](CO)C(=O)O.[NaH]. The molecule has 20 heavy (non-hydrogen) atoms. The Labute approximate surface area is 146 Å². The van der Waals surface area contributed by atoms with Crippen LogP contribution in [-0.2, 0) is 4.79 Å². The van der Waals surface area contributed by atoms with Gasteiger partial charge in [0, 0.05) is 0 Å². The van der Waals surface area contributed by atoms with Crippen molar-refractivity contribution in [3.63, 3.8) is 0 Å². The van der Waals surface area contributed by atoms with Crippen LogP contribution in [0.25, 0.3) is 0 Å². The first-order valence-electron chi connectivity index (χ1n) is 7.79. The molecule has 0 spiro atoms. The first-order valence-corrected chi connectivity index (χ1v) is 7.79. The summed E-state index contributed by atoms with van der Waals surface area (Å²) >= 11 is 0. The second-order valence-electron chi connectivity index (χ2n) is 5.21. The van der Waals surface area contributed by atoms with Gasteiger partial charge < -0.3 is 15.5 Å². The van der Waals surface area contributed by atoms with Crippen molar-refractivity contribution in [2.24, 2.45) is 0 Å². The fraction of sp³-hybridized carbons (Fsp3) is 0.933. The zero-order chi connectivity index (χ0) is 14.3. The summed E-state index contributed by atoms with van der Waals surface area (Å²) in [6.07, 6.45) is 12.7. The number of carboxylic acid groups (broad SMARTS) is 1. The zero-order valence-electron chi connectivity index (χ0n) is 12.4. The summed E-state index contributed by atoms with van der Waals surface area (Å²) < 4.78 is 0. The number of rotatable bonds is 14. The van der Waals surface area contributed by atoms with Gasteiger partial charge in [-0.2, -0.15) is 0 Å². The Morgan fingerprint density at radius 2 is 1.40 bits per heavy atom. The van der Waals surface area contributed by atoms with Crippen LogP contribution in [0.1, 0.15) is 71.1 Å². The number of aliphatic hydroxyl groups is 1. The summed E-state index contributed by atoms with van der Waals surface area (Å²) in [6.45, 7) is 2.57. The quantitative estimate of drug-likeness (QED) is 0.340. The minimum atomic E-state index is -0.977. The van der Waals surface area contributed by atoms with E-state index < -0.39 is 12.0 Å². The molecule has 0 saturated heterocycles. The first kappa shape index (κ1) is 22.7. The molecular formula is C15H32NNaO3. The van der Waals surface area contributed by atoms with Gasteiger partial charge in [0.05, 0.1) is 6.61 Å². The van der Waals surface area contributed by atoms with E-state index in [0.29, 0.717) is 6.54 Å². The van der Waals surface area contributed by atoms with Gasteiger partial charge in [-0.15, -0.1) is 0 Å². The summed E-state index contributed by atoms with van der Waals surface area (Å²) in [7, 11) is 0. The summed E-state index contributed by atoms with van der Waals surface area (Å²) in [5.41, 5.74) is 0. The minimum absolute atomic E-state index is 0. The Morgan fingerprint density at radius 3 is 1.80 bits per heavy atom. The molecule has 1 atom stereocenters. The standard InChI is InChI=1S/C15H31NO3.Na.H/c1-2-3-4-5-6-7-8-9-10-11-12-16-14(13-17)15(18)19;;/h14,16-17H,2-13H2,1H3,(H,18,19);;/t14-;;/m0../s1. The van der Waals surface area contributed by atoms with Crippen molar-refractivity contribution in [2.75, 3.05) is 13.2 Å². The van der Waals surface area contributed by atoms with E-state index in [0.717, 1.165) is 12.8 Å². The fourth-order valence-corrected chi connectivity index (χ4v) is 2.12. The summed E-state index contributed by atoms with van der Waals surface area (Å²) in [5, 5.41) is 20.4. The number of aliphatic carboxylic acids is 1. The Hall–Kier alpha value is 0.390. The Kier molecular flexibility index (Phi) is 19.8. The fourth-order valence-electron chi connectivity index (χ4n) is 2.12. The molecule has 0 radical (unpaired) electrons. The number of carbonyl (C=O) groups is 1. The van der Waals surface area contributed by atoms with Crippen molar-refractivity contribution >= 4 is 35.5 Å². The van der Waals surface area contributed by atoms with E-state index in [1.54, 1.807) is 0 Å². The molecule has 0 aromatic carbocycles. The summed E-state index contributed by atoms with van der Waals surface area (Å²) in [5.74, 6) is -0.977. The van der Waals surface area contributed by atoms with E-state index in [2.05, 4.69) is 12.2 Å². The molecule has 0 fully saturated rings. The van der Waals surface area contributed by atoms with Gasteiger partial charge in [0.2, 0.25) is 0 Å². The van der Waals surface area contributed by atoms with Crippen LogP contribution in [0.2, 0.25) is 0 Å². The van der Waals surface area contributed by atoms with Crippen molar-refractivity contribution < 1.29 is 15.0 Å². The van der Waals surface area contributed by atoms with Gasteiger partial charge in [-0.25, -0.2) is 0 Å². The van der Waals surface area contributed by atoms with Gasteiger partial charge in [0.1, 0.15) is 6.04 Å². The van der Waals surface area contributed by atoms with E-state index in [4.69, 9.17) is 10.2 Å². The van der Waals surface area contributed by atoms with Gasteiger partial charge in [-0.3, -0.25) is 4.79 Å². The van der Waals surface area contributed by atoms with Crippen LogP contribution < -0.4 is 5.32 Å². The summed E-state index contributed by atoms with van der Waals surface area (Å²) in [6, 6.07) is -0.807. The number of hydrogen-bond acceptors (Lipinski definition) is 3. The summed E-state index contributed by atoms with van der Waals surface area (Å²) in [4.78, 5) is 10.6. The average Bonchev–Trinajstić information content (AvgIpc) is 2.40. The van der Waals surface area contributed by atoms with Crippen molar-refractivity contribution in [1.29, 1.82) is 0 Å². The van der Waals surface area contributed by atoms with Crippen LogP contribution in [0, 0.1) is 0 Å². The van der Waals surface area contributed by atoms with Crippen LogP contribution in [0.4, 0.5) is 0 Å². The molecule has 0 aliphatic rings. The second-order valence-corrected chi connectivity index (χ2v) is 5.21. The molecule has 0 unspecified atom stereocenters. The van der Waals surface area contributed by atoms with Crippen molar-refractivity contribution in [3.8, 4) is 0 Å². The van der Waals surface area contributed by atoms with Gasteiger partial charge in [-0.1, -0.05) is 64.7 Å². The molecule has 4 nitrogen and oxygen atoms in total. The number of carboxylic acids is 1. The zero-order valence-corrected chi connectivity index (χ0v) is 12.4. The molecule has 0 aliphatic heterocycles. The molecule has 0 aromatic rings. The normalized spacial score (nSPS) is 11.9. The van der Waals surface area contributed by atoms with E-state index in [-0.39, 0.29) is 36.2 Å².